The zero-order chi connectivity index (χ0) is 18.8. The minimum absolute atomic E-state index is 0.136. The quantitative estimate of drug-likeness (QED) is 0.866. The number of halogens is 1. The number of amides is 2. The molecule has 1 aliphatic carbocycles. The van der Waals surface area contributed by atoms with E-state index in [-0.39, 0.29) is 30.6 Å². The molecule has 1 atom stereocenters. The van der Waals surface area contributed by atoms with Gasteiger partial charge in [0.15, 0.2) is 0 Å². The van der Waals surface area contributed by atoms with Gasteiger partial charge in [-0.3, -0.25) is 9.59 Å². The summed E-state index contributed by atoms with van der Waals surface area (Å²) >= 11 is 1.43. The molecule has 2 aromatic rings. The van der Waals surface area contributed by atoms with Crippen molar-refractivity contribution in [1.29, 1.82) is 0 Å². The fourth-order valence-electron chi connectivity index (χ4n) is 3.76. The van der Waals surface area contributed by atoms with Gasteiger partial charge in [0, 0.05) is 24.6 Å². The summed E-state index contributed by atoms with van der Waals surface area (Å²) < 4.78 is 13.1. The van der Waals surface area contributed by atoms with Gasteiger partial charge in [-0.25, -0.2) is 4.39 Å². The molecule has 1 aromatic heterocycles. The third kappa shape index (κ3) is 4.00. The van der Waals surface area contributed by atoms with Gasteiger partial charge in [0.1, 0.15) is 10.8 Å². The second kappa shape index (κ2) is 7.72. The van der Waals surface area contributed by atoms with Crippen LogP contribution in [0.1, 0.15) is 49.5 Å². The van der Waals surface area contributed by atoms with Gasteiger partial charge in [0.2, 0.25) is 16.9 Å². The summed E-state index contributed by atoms with van der Waals surface area (Å²) in [5.41, 5.74) is 0.604. The van der Waals surface area contributed by atoms with Gasteiger partial charge >= 0.3 is 0 Å². The number of carbonyl (C=O) groups excluding carboxylic acids is 2. The number of hydrogen-bond acceptors (Lipinski definition) is 5. The van der Waals surface area contributed by atoms with Crippen molar-refractivity contribution < 1.29 is 14.0 Å². The van der Waals surface area contributed by atoms with E-state index in [0.29, 0.717) is 16.7 Å². The molecule has 1 saturated heterocycles. The Kier molecular flexibility index (Phi) is 5.15. The SMILES string of the molecule is O=C(Nc1nnc(C2CCCCC2)s1)[C@H]1CC(=O)N(c2ccc(F)cc2)C1. The second-order valence-corrected chi connectivity index (χ2v) is 8.16. The van der Waals surface area contributed by atoms with Gasteiger partial charge in [-0.1, -0.05) is 30.6 Å². The number of aromatic nitrogens is 2. The lowest BCUT2D eigenvalue weighted by atomic mass is 9.90. The number of carbonyl (C=O) groups is 2. The number of hydrogen-bond donors (Lipinski definition) is 1. The molecule has 0 bridgehead atoms. The molecule has 1 aromatic carbocycles. The Morgan fingerprint density at radius 1 is 1.15 bits per heavy atom. The van der Waals surface area contributed by atoms with Crippen LogP contribution < -0.4 is 10.2 Å². The van der Waals surface area contributed by atoms with Crippen molar-refractivity contribution in [3.8, 4) is 0 Å². The zero-order valence-electron chi connectivity index (χ0n) is 14.9. The third-order valence-electron chi connectivity index (χ3n) is 5.26. The highest BCUT2D eigenvalue weighted by Crippen LogP contribution is 2.35. The van der Waals surface area contributed by atoms with E-state index in [4.69, 9.17) is 0 Å². The van der Waals surface area contributed by atoms with Crippen LogP contribution in [0, 0.1) is 11.7 Å². The van der Waals surface area contributed by atoms with Crippen molar-refractivity contribution in [2.45, 2.75) is 44.4 Å². The van der Waals surface area contributed by atoms with Crippen LogP contribution in [0.4, 0.5) is 15.2 Å². The van der Waals surface area contributed by atoms with E-state index >= 15 is 0 Å². The normalized spacial score (nSPS) is 20.9. The predicted octanol–water partition coefficient (Wildman–Crippen LogP) is 3.72. The number of rotatable bonds is 4. The van der Waals surface area contributed by atoms with Crippen molar-refractivity contribution in [2.75, 3.05) is 16.8 Å². The van der Waals surface area contributed by atoms with Crippen LogP contribution in [0.25, 0.3) is 0 Å². The Balaban J connectivity index is 1.38. The monoisotopic (exact) mass is 388 g/mol. The van der Waals surface area contributed by atoms with Crippen LogP contribution in [0.15, 0.2) is 24.3 Å². The minimum atomic E-state index is -0.454. The van der Waals surface area contributed by atoms with E-state index in [9.17, 15) is 14.0 Å². The molecule has 0 spiro atoms. The lowest BCUT2D eigenvalue weighted by molar-refractivity contribution is -0.122. The highest BCUT2D eigenvalue weighted by Gasteiger charge is 2.35. The maximum atomic E-state index is 13.1. The van der Waals surface area contributed by atoms with E-state index in [1.54, 1.807) is 12.1 Å². The second-order valence-electron chi connectivity index (χ2n) is 7.15. The Hall–Kier alpha value is -2.35. The summed E-state index contributed by atoms with van der Waals surface area (Å²) in [6.07, 6.45) is 6.11. The predicted molar refractivity (Wildman–Crippen MR) is 101 cm³/mol. The fraction of sp³-hybridized carbons (Fsp3) is 0.474. The van der Waals surface area contributed by atoms with Crippen LogP contribution in [-0.4, -0.2) is 28.6 Å². The molecule has 0 radical (unpaired) electrons. The first-order chi connectivity index (χ1) is 13.1. The van der Waals surface area contributed by atoms with E-state index in [1.165, 1.54) is 47.6 Å². The summed E-state index contributed by atoms with van der Waals surface area (Å²) in [6, 6.07) is 5.72. The van der Waals surface area contributed by atoms with Gasteiger partial charge in [-0.05, 0) is 37.1 Å². The van der Waals surface area contributed by atoms with E-state index in [2.05, 4.69) is 15.5 Å². The summed E-state index contributed by atoms with van der Waals surface area (Å²) in [6.45, 7) is 0.282. The van der Waals surface area contributed by atoms with Gasteiger partial charge in [-0.2, -0.15) is 0 Å². The van der Waals surface area contributed by atoms with Gasteiger partial charge in [-0.15, -0.1) is 10.2 Å². The van der Waals surface area contributed by atoms with Crippen molar-refractivity contribution in [1.82, 2.24) is 10.2 Å². The number of benzene rings is 1. The third-order valence-corrected chi connectivity index (χ3v) is 6.26. The average Bonchev–Trinajstić information content (AvgIpc) is 3.30. The lowest BCUT2D eigenvalue weighted by Gasteiger charge is -2.18. The molecule has 1 N–H and O–H groups in total. The van der Waals surface area contributed by atoms with Gasteiger partial charge in [0.25, 0.3) is 0 Å². The van der Waals surface area contributed by atoms with E-state index in [1.807, 2.05) is 0 Å². The molecule has 2 amide bonds. The molecule has 2 fully saturated rings. The smallest absolute Gasteiger partial charge is 0.231 e. The summed E-state index contributed by atoms with van der Waals surface area (Å²) in [5.74, 6) is -0.723. The number of nitrogens with one attached hydrogen (secondary N) is 1. The van der Waals surface area contributed by atoms with Crippen LogP contribution in [0.2, 0.25) is 0 Å². The Bertz CT molecular complexity index is 832. The standard InChI is InChI=1S/C19H21FN4O2S/c20-14-6-8-15(9-7-14)24-11-13(10-16(24)25)17(26)21-19-23-22-18(27-19)12-4-2-1-3-5-12/h6-9,12-13H,1-5,10-11H2,(H,21,23,26)/t13-/m0/s1. The van der Waals surface area contributed by atoms with Crippen molar-refractivity contribution in [3.05, 3.63) is 35.1 Å². The summed E-state index contributed by atoms with van der Waals surface area (Å²) in [5, 5.41) is 12.6. The molecule has 8 heteroatoms. The molecule has 1 saturated carbocycles. The molecular weight excluding hydrogens is 367 g/mol. The van der Waals surface area contributed by atoms with E-state index < -0.39 is 5.92 Å². The molecule has 2 aliphatic rings. The highest BCUT2D eigenvalue weighted by molar-refractivity contribution is 7.15. The molecule has 0 unspecified atom stereocenters. The lowest BCUT2D eigenvalue weighted by Crippen LogP contribution is -2.28. The average molecular weight is 388 g/mol. The first-order valence-electron chi connectivity index (χ1n) is 9.30. The maximum absolute atomic E-state index is 13.1. The van der Waals surface area contributed by atoms with Gasteiger partial charge < -0.3 is 10.2 Å². The molecule has 6 nitrogen and oxygen atoms in total. The topological polar surface area (TPSA) is 75.2 Å². The van der Waals surface area contributed by atoms with Crippen LogP contribution in [0.3, 0.4) is 0 Å². The number of nitrogens with zero attached hydrogens (tertiary/aromatic N) is 3. The van der Waals surface area contributed by atoms with E-state index in [0.717, 1.165) is 17.8 Å². The first-order valence-corrected chi connectivity index (χ1v) is 10.1. The van der Waals surface area contributed by atoms with Crippen molar-refractivity contribution in [2.24, 2.45) is 5.92 Å². The van der Waals surface area contributed by atoms with Crippen LogP contribution >= 0.6 is 11.3 Å². The maximum Gasteiger partial charge on any atom is 0.231 e. The molecular formula is C19H21FN4O2S. The fourth-order valence-corrected chi connectivity index (χ4v) is 4.68. The Morgan fingerprint density at radius 2 is 1.89 bits per heavy atom. The molecule has 1 aliphatic heterocycles. The van der Waals surface area contributed by atoms with Crippen LogP contribution in [0.5, 0.6) is 0 Å². The highest BCUT2D eigenvalue weighted by atomic mass is 32.1. The Morgan fingerprint density at radius 3 is 2.63 bits per heavy atom. The minimum Gasteiger partial charge on any atom is -0.312 e. The zero-order valence-corrected chi connectivity index (χ0v) is 15.7. The first kappa shape index (κ1) is 18.0. The molecule has 142 valence electrons. The number of anilines is 2. The largest absolute Gasteiger partial charge is 0.312 e. The van der Waals surface area contributed by atoms with Crippen molar-refractivity contribution in [3.63, 3.8) is 0 Å². The summed E-state index contributed by atoms with van der Waals surface area (Å²) in [7, 11) is 0. The Labute approximate surface area is 160 Å². The molecule has 4 rings (SSSR count). The molecule has 27 heavy (non-hydrogen) atoms. The van der Waals surface area contributed by atoms with Crippen LogP contribution in [-0.2, 0) is 9.59 Å². The van der Waals surface area contributed by atoms with Gasteiger partial charge in [0.05, 0.1) is 5.92 Å². The summed E-state index contributed by atoms with van der Waals surface area (Å²) in [4.78, 5) is 26.4. The molecule has 2 heterocycles. The van der Waals surface area contributed by atoms with Crippen molar-refractivity contribution >= 4 is 34.0 Å².